The quantitative estimate of drug-likeness (QED) is 0.714. The van der Waals surface area contributed by atoms with Gasteiger partial charge in [0.2, 0.25) is 10.0 Å². The van der Waals surface area contributed by atoms with Crippen molar-refractivity contribution in [2.75, 3.05) is 6.61 Å². The maximum absolute atomic E-state index is 13.1. The fraction of sp³-hybridized carbons (Fsp3) is 0.438. The van der Waals surface area contributed by atoms with Crippen LogP contribution in [0.25, 0.3) is 0 Å². The molecule has 0 amide bonds. The summed E-state index contributed by atoms with van der Waals surface area (Å²) in [5.41, 5.74) is 0.351. The third kappa shape index (κ3) is 5.22. The van der Waals surface area contributed by atoms with Crippen molar-refractivity contribution >= 4 is 21.6 Å². The van der Waals surface area contributed by atoms with Gasteiger partial charge < -0.3 is 5.11 Å². The summed E-state index contributed by atoms with van der Waals surface area (Å²) in [6.45, 7) is 0.588. The molecule has 0 bridgehead atoms. The molecular weight excluding hydrogens is 407 g/mol. The Morgan fingerprint density at radius 3 is 2.33 bits per heavy atom. The molecule has 0 unspecified atom stereocenters. The van der Waals surface area contributed by atoms with E-state index in [0.717, 1.165) is 4.68 Å². The normalized spacial score (nSPS) is 14.9. The predicted molar refractivity (Wildman–Crippen MR) is 94.0 cm³/mol. The summed E-state index contributed by atoms with van der Waals surface area (Å²) in [5.74, 6) is -1.32. The van der Waals surface area contributed by atoms with Crippen LogP contribution in [0.1, 0.15) is 23.6 Å². The zero-order valence-corrected chi connectivity index (χ0v) is 16.1. The zero-order valence-electron chi connectivity index (χ0n) is 14.5. The molecule has 11 heteroatoms. The molecule has 0 radical (unpaired) electrons. The van der Waals surface area contributed by atoms with Crippen LogP contribution >= 0.6 is 11.6 Å². The van der Waals surface area contributed by atoms with Gasteiger partial charge in [-0.05, 0) is 12.5 Å². The maximum atomic E-state index is 13.1. The van der Waals surface area contributed by atoms with Crippen LogP contribution in [-0.4, -0.2) is 42.1 Å². The van der Waals surface area contributed by atoms with Gasteiger partial charge in [0.25, 0.3) is 0 Å². The summed E-state index contributed by atoms with van der Waals surface area (Å²) in [6.07, 6.45) is -5.86. The molecule has 2 rings (SSSR count). The first-order chi connectivity index (χ1) is 12.5. The topological polar surface area (TPSA) is 84.2 Å². The average molecular weight is 426 g/mol. The van der Waals surface area contributed by atoms with E-state index in [1.54, 1.807) is 18.2 Å². The van der Waals surface area contributed by atoms with Crippen LogP contribution < -0.4 is 4.72 Å². The Kier molecular flexibility index (Phi) is 6.56. The molecule has 2 aromatic rings. The van der Waals surface area contributed by atoms with E-state index in [1.807, 2.05) is 0 Å². The summed E-state index contributed by atoms with van der Waals surface area (Å²) in [6, 6.07) is 6.22. The van der Waals surface area contributed by atoms with Gasteiger partial charge >= 0.3 is 6.18 Å². The highest BCUT2D eigenvalue weighted by Crippen LogP contribution is 2.34. The lowest BCUT2D eigenvalue weighted by molar-refractivity contribution is -0.140. The molecule has 150 valence electrons. The van der Waals surface area contributed by atoms with Crippen LogP contribution in [0.15, 0.2) is 35.2 Å². The molecule has 0 aliphatic carbocycles. The molecule has 2 N–H and O–H groups in total. The fourth-order valence-electron chi connectivity index (χ4n) is 2.86. The minimum absolute atomic E-state index is 0.0961. The second-order valence-corrected chi connectivity index (χ2v) is 8.08. The van der Waals surface area contributed by atoms with Crippen molar-refractivity contribution < 1.29 is 26.7 Å². The Morgan fingerprint density at radius 2 is 1.89 bits per heavy atom. The van der Waals surface area contributed by atoms with Crippen molar-refractivity contribution in [3.63, 3.8) is 0 Å². The number of benzene rings is 1. The lowest BCUT2D eigenvalue weighted by Gasteiger charge is -2.27. The number of nitrogens with one attached hydrogen (secondary N) is 1. The van der Waals surface area contributed by atoms with Gasteiger partial charge in [-0.15, -0.1) is 0 Å². The average Bonchev–Trinajstić information content (AvgIpc) is 2.83. The van der Waals surface area contributed by atoms with E-state index in [1.165, 1.54) is 26.1 Å². The Morgan fingerprint density at radius 1 is 1.30 bits per heavy atom. The van der Waals surface area contributed by atoms with Crippen molar-refractivity contribution in [1.29, 1.82) is 0 Å². The number of aryl methyl sites for hydroxylation is 2. The Hall–Kier alpha value is -1.62. The summed E-state index contributed by atoms with van der Waals surface area (Å²) in [4.78, 5) is -0.330. The molecule has 2 atom stereocenters. The largest absolute Gasteiger partial charge is 0.395 e. The lowest BCUT2D eigenvalue weighted by Crippen LogP contribution is -2.43. The third-order valence-electron chi connectivity index (χ3n) is 4.04. The highest BCUT2D eigenvalue weighted by molar-refractivity contribution is 7.89. The van der Waals surface area contributed by atoms with Gasteiger partial charge in [-0.2, -0.15) is 18.3 Å². The van der Waals surface area contributed by atoms with Crippen LogP contribution in [0.4, 0.5) is 13.2 Å². The van der Waals surface area contributed by atoms with Crippen molar-refractivity contribution in [2.45, 2.75) is 36.4 Å². The van der Waals surface area contributed by atoms with E-state index in [0.29, 0.717) is 0 Å². The SMILES string of the molecule is Cc1nn(C)c(Cl)c1S(=O)(=O)N[C@H](CO)[C@H](CC(F)(F)F)c1ccccc1. The van der Waals surface area contributed by atoms with Crippen LogP contribution in [0.2, 0.25) is 5.15 Å². The number of hydrogen-bond acceptors (Lipinski definition) is 4. The monoisotopic (exact) mass is 425 g/mol. The second kappa shape index (κ2) is 8.17. The summed E-state index contributed by atoms with van der Waals surface area (Å²) < 4.78 is 68.0. The van der Waals surface area contributed by atoms with E-state index in [-0.39, 0.29) is 21.3 Å². The molecule has 0 saturated carbocycles. The van der Waals surface area contributed by atoms with Gasteiger partial charge in [-0.25, -0.2) is 13.1 Å². The van der Waals surface area contributed by atoms with Gasteiger partial charge in [0, 0.05) is 13.0 Å². The summed E-state index contributed by atoms with van der Waals surface area (Å²) in [5, 5.41) is 13.4. The smallest absolute Gasteiger partial charge is 0.389 e. The third-order valence-corrected chi connectivity index (χ3v) is 6.22. The number of aliphatic hydroxyl groups is 1. The highest BCUT2D eigenvalue weighted by Gasteiger charge is 2.39. The first-order valence-corrected chi connectivity index (χ1v) is 9.76. The van der Waals surface area contributed by atoms with E-state index in [9.17, 15) is 26.7 Å². The van der Waals surface area contributed by atoms with Crippen molar-refractivity contribution in [2.24, 2.45) is 7.05 Å². The molecule has 0 saturated heterocycles. The standard InChI is InChI=1S/C16H19ClF3N3O3S/c1-10-14(15(17)23(2)21-10)27(25,26)22-13(9-24)12(8-16(18,19)20)11-6-4-3-5-7-11/h3-7,12-13,22,24H,8-9H2,1-2H3/t12-,13-/m1/s1. The van der Waals surface area contributed by atoms with Crippen LogP contribution in [0.3, 0.4) is 0 Å². The van der Waals surface area contributed by atoms with E-state index in [4.69, 9.17) is 11.6 Å². The Labute approximate surface area is 160 Å². The molecule has 0 aliphatic heterocycles. The molecule has 1 aromatic heterocycles. The van der Waals surface area contributed by atoms with Crippen LogP contribution in [-0.2, 0) is 17.1 Å². The van der Waals surface area contributed by atoms with Gasteiger partial charge in [0.15, 0.2) is 0 Å². The van der Waals surface area contributed by atoms with Crippen molar-refractivity contribution in [3.05, 3.63) is 46.7 Å². The zero-order chi connectivity index (χ0) is 20.4. The first-order valence-electron chi connectivity index (χ1n) is 7.90. The molecule has 1 aromatic carbocycles. The molecule has 0 fully saturated rings. The number of hydrogen-bond donors (Lipinski definition) is 2. The highest BCUT2D eigenvalue weighted by atomic mass is 35.5. The van der Waals surface area contributed by atoms with Gasteiger partial charge in [0.05, 0.1) is 24.8 Å². The minimum Gasteiger partial charge on any atom is -0.395 e. The predicted octanol–water partition coefficient (Wildman–Crippen LogP) is 2.76. The minimum atomic E-state index is -4.55. The molecule has 0 aliphatic rings. The Bertz CT molecular complexity index is 886. The van der Waals surface area contributed by atoms with Crippen molar-refractivity contribution in [1.82, 2.24) is 14.5 Å². The lowest BCUT2D eigenvalue weighted by atomic mass is 9.89. The number of aliphatic hydroxyl groups excluding tert-OH is 1. The molecular formula is C16H19ClF3N3O3S. The van der Waals surface area contributed by atoms with Crippen LogP contribution in [0, 0.1) is 6.92 Å². The van der Waals surface area contributed by atoms with Gasteiger partial charge in [-0.1, -0.05) is 41.9 Å². The fourth-order valence-corrected chi connectivity index (χ4v) is 4.88. The first kappa shape index (κ1) is 21.7. The number of rotatable bonds is 7. The van der Waals surface area contributed by atoms with Crippen LogP contribution in [0.5, 0.6) is 0 Å². The number of alkyl halides is 3. The molecule has 27 heavy (non-hydrogen) atoms. The Balaban J connectivity index is 2.42. The molecule has 0 spiro atoms. The van der Waals surface area contributed by atoms with Gasteiger partial charge in [-0.3, -0.25) is 4.68 Å². The molecule has 6 nitrogen and oxygen atoms in total. The number of nitrogens with zero attached hydrogens (tertiary/aromatic N) is 2. The molecule has 1 heterocycles. The number of sulfonamides is 1. The maximum Gasteiger partial charge on any atom is 0.389 e. The number of aromatic nitrogens is 2. The number of halogens is 4. The summed E-state index contributed by atoms with van der Waals surface area (Å²) in [7, 11) is -2.87. The second-order valence-electron chi connectivity index (χ2n) is 6.08. The van der Waals surface area contributed by atoms with Crippen molar-refractivity contribution in [3.8, 4) is 0 Å². The van der Waals surface area contributed by atoms with E-state index >= 15 is 0 Å². The van der Waals surface area contributed by atoms with Gasteiger partial charge in [0.1, 0.15) is 10.0 Å². The van der Waals surface area contributed by atoms with E-state index in [2.05, 4.69) is 9.82 Å². The van der Waals surface area contributed by atoms with E-state index < -0.39 is 41.2 Å². The summed E-state index contributed by atoms with van der Waals surface area (Å²) >= 11 is 5.97.